The van der Waals surface area contributed by atoms with Crippen LogP contribution >= 0.6 is 31.9 Å². The highest BCUT2D eigenvalue weighted by Crippen LogP contribution is 2.33. The summed E-state index contributed by atoms with van der Waals surface area (Å²) >= 11 is 7.06. The highest BCUT2D eigenvalue weighted by atomic mass is 79.9. The molecule has 4 aromatic rings. The van der Waals surface area contributed by atoms with E-state index in [9.17, 15) is 0 Å². The van der Waals surface area contributed by atoms with Gasteiger partial charge in [-0.3, -0.25) is 0 Å². The van der Waals surface area contributed by atoms with E-state index in [0.29, 0.717) is 0 Å². The molecule has 1 heterocycles. The Hall–Kier alpha value is -2.82. The first-order valence-electron chi connectivity index (χ1n) is 9.57. The second-order valence-electron chi connectivity index (χ2n) is 6.97. The van der Waals surface area contributed by atoms with E-state index in [-0.39, 0.29) is 0 Å². The van der Waals surface area contributed by atoms with Crippen molar-refractivity contribution in [2.24, 2.45) is 9.98 Å². The van der Waals surface area contributed by atoms with Crippen molar-refractivity contribution in [3.63, 3.8) is 0 Å². The van der Waals surface area contributed by atoms with Crippen molar-refractivity contribution in [3.05, 3.63) is 128 Å². The molecule has 144 valence electrons. The van der Waals surface area contributed by atoms with Crippen LogP contribution in [0, 0.1) is 0 Å². The Balaban J connectivity index is 1.79. The summed E-state index contributed by atoms with van der Waals surface area (Å²) in [5.74, 6) is 0. The van der Waals surface area contributed by atoms with E-state index in [4.69, 9.17) is 9.98 Å². The first-order valence-corrected chi connectivity index (χ1v) is 11.2. The third-order valence-corrected chi connectivity index (χ3v) is 6.08. The summed E-state index contributed by atoms with van der Waals surface area (Å²) in [6.07, 6.45) is 0. The predicted molar refractivity (Wildman–Crippen MR) is 132 cm³/mol. The number of rotatable bonds is 2. The summed E-state index contributed by atoms with van der Waals surface area (Å²) in [5.41, 5.74) is 7.81. The molecule has 0 N–H and O–H groups in total. The third-order valence-electron chi connectivity index (χ3n) is 5.02. The monoisotopic (exact) mass is 514 g/mol. The van der Waals surface area contributed by atoms with Crippen LogP contribution in [0.4, 0.5) is 11.4 Å². The maximum Gasteiger partial charge on any atom is 0.0803 e. The molecular weight excluding hydrogens is 500 g/mol. The zero-order chi connectivity index (χ0) is 20.5. The molecule has 4 aromatic carbocycles. The molecule has 0 aliphatic carbocycles. The van der Waals surface area contributed by atoms with Gasteiger partial charge in [0.05, 0.1) is 22.8 Å². The van der Waals surface area contributed by atoms with Crippen molar-refractivity contribution >= 4 is 54.7 Å². The number of halogens is 2. The van der Waals surface area contributed by atoms with E-state index in [1.54, 1.807) is 0 Å². The van der Waals surface area contributed by atoms with E-state index in [1.807, 2.05) is 48.5 Å². The summed E-state index contributed by atoms with van der Waals surface area (Å²) in [5, 5.41) is 0. The van der Waals surface area contributed by atoms with E-state index in [1.165, 1.54) is 0 Å². The molecule has 0 aromatic heterocycles. The average Bonchev–Trinajstić information content (AvgIpc) is 2.77. The van der Waals surface area contributed by atoms with Crippen molar-refractivity contribution in [2.75, 3.05) is 0 Å². The van der Waals surface area contributed by atoms with E-state index in [2.05, 4.69) is 80.4 Å². The lowest BCUT2D eigenvalue weighted by Gasteiger charge is -2.18. The molecule has 2 nitrogen and oxygen atoms in total. The molecule has 0 radical (unpaired) electrons. The van der Waals surface area contributed by atoms with Gasteiger partial charge >= 0.3 is 0 Å². The number of hydrogen-bond acceptors (Lipinski definition) is 2. The Morgan fingerprint density at radius 3 is 1.20 bits per heavy atom. The van der Waals surface area contributed by atoms with Crippen molar-refractivity contribution in [1.29, 1.82) is 0 Å². The van der Waals surface area contributed by atoms with Gasteiger partial charge in [0.2, 0.25) is 0 Å². The van der Waals surface area contributed by atoms with Crippen LogP contribution in [0.5, 0.6) is 0 Å². The van der Waals surface area contributed by atoms with Crippen LogP contribution in [0.3, 0.4) is 0 Å². The quantitative estimate of drug-likeness (QED) is 0.228. The predicted octanol–water partition coefficient (Wildman–Crippen LogP) is 7.86. The number of nitrogens with zero attached hydrogens (tertiary/aromatic N) is 2. The molecular formula is C26H16Br2N2. The van der Waals surface area contributed by atoms with Gasteiger partial charge < -0.3 is 0 Å². The summed E-state index contributed by atoms with van der Waals surface area (Å²) in [7, 11) is 0. The van der Waals surface area contributed by atoms with Crippen LogP contribution in [0.25, 0.3) is 0 Å². The van der Waals surface area contributed by atoms with E-state index < -0.39 is 0 Å². The Kier molecular flexibility index (Phi) is 5.19. The first kappa shape index (κ1) is 19.2. The average molecular weight is 516 g/mol. The van der Waals surface area contributed by atoms with Crippen molar-refractivity contribution in [1.82, 2.24) is 0 Å². The summed E-state index contributed by atoms with van der Waals surface area (Å²) in [6, 6.07) is 32.9. The van der Waals surface area contributed by atoms with Gasteiger partial charge in [0.15, 0.2) is 0 Å². The standard InChI is InChI=1S/C26H16Br2N2/c27-19-13-9-17(10-14-19)25-21-5-1-3-7-23(21)29-26(18-11-15-20(28)16-12-18)22-6-2-4-8-24(22)30-25/h1-16H. The highest BCUT2D eigenvalue weighted by molar-refractivity contribution is 9.10. The Labute approximate surface area is 192 Å². The number of benzene rings is 4. The molecule has 0 saturated carbocycles. The molecule has 0 atom stereocenters. The Bertz CT molecular complexity index is 1180. The van der Waals surface area contributed by atoms with E-state index in [0.717, 1.165) is 54.0 Å². The van der Waals surface area contributed by atoms with Crippen LogP contribution in [-0.2, 0) is 0 Å². The molecule has 0 amide bonds. The molecule has 4 heteroatoms. The maximum atomic E-state index is 5.14. The van der Waals surface area contributed by atoms with Gasteiger partial charge in [0.1, 0.15) is 0 Å². The zero-order valence-corrected chi connectivity index (χ0v) is 19.1. The van der Waals surface area contributed by atoms with Crippen LogP contribution in [-0.4, -0.2) is 11.4 Å². The minimum atomic E-state index is 0.909. The molecule has 1 aliphatic rings. The SMILES string of the molecule is Brc1ccc(C2=Nc3ccccc3C(c3ccc(Br)cc3)=Nc3ccccc32)cc1. The smallest absolute Gasteiger partial charge is 0.0803 e. The van der Waals surface area contributed by atoms with Crippen LogP contribution in [0.2, 0.25) is 0 Å². The van der Waals surface area contributed by atoms with Crippen LogP contribution in [0.1, 0.15) is 22.3 Å². The van der Waals surface area contributed by atoms with Gasteiger partial charge in [-0.1, -0.05) is 92.5 Å². The lowest BCUT2D eigenvalue weighted by molar-refractivity contribution is 1.39. The summed E-state index contributed by atoms with van der Waals surface area (Å²) < 4.78 is 2.09. The van der Waals surface area contributed by atoms with Crippen molar-refractivity contribution in [3.8, 4) is 0 Å². The largest absolute Gasteiger partial charge is 0.247 e. The Morgan fingerprint density at radius 1 is 0.433 bits per heavy atom. The minimum absolute atomic E-state index is 0.909. The van der Waals surface area contributed by atoms with E-state index >= 15 is 0 Å². The van der Waals surface area contributed by atoms with Gasteiger partial charge in [-0.05, 0) is 36.4 Å². The number of fused-ring (bicyclic) bond motifs is 2. The number of para-hydroxylation sites is 2. The summed E-state index contributed by atoms with van der Waals surface area (Å²) in [4.78, 5) is 10.3. The fourth-order valence-electron chi connectivity index (χ4n) is 3.56. The fourth-order valence-corrected chi connectivity index (χ4v) is 4.09. The summed E-state index contributed by atoms with van der Waals surface area (Å²) in [6.45, 7) is 0. The molecule has 0 saturated heterocycles. The van der Waals surface area contributed by atoms with Gasteiger partial charge in [-0.15, -0.1) is 0 Å². The highest BCUT2D eigenvalue weighted by Gasteiger charge is 2.19. The number of hydrogen-bond donors (Lipinski definition) is 0. The lowest BCUT2D eigenvalue weighted by Crippen LogP contribution is -2.10. The van der Waals surface area contributed by atoms with Gasteiger partial charge in [0, 0.05) is 31.2 Å². The van der Waals surface area contributed by atoms with Gasteiger partial charge in [0.25, 0.3) is 0 Å². The lowest BCUT2D eigenvalue weighted by atomic mass is 9.96. The molecule has 1 aliphatic heterocycles. The van der Waals surface area contributed by atoms with Gasteiger partial charge in [-0.2, -0.15) is 0 Å². The first-order chi connectivity index (χ1) is 14.7. The molecule has 0 spiro atoms. The van der Waals surface area contributed by atoms with Crippen molar-refractivity contribution in [2.45, 2.75) is 0 Å². The molecule has 30 heavy (non-hydrogen) atoms. The zero-order valence-electron chi connectivity index (χ0n) is 15.9. The number of aliphatic imine (C=N–C) groups is 2. The maximum absolute atomic E-state index is 5.14. The minimum Gasteiger partial charge on any atom is -0.247 e. The molecule has 0 unspecified atom stereocenters. The molecule has 0 fully saturated rings. The normalized spacial score (nSPS) is 12.7. The third kappa shape index (κ3) is 3.69. The van der Waals surface area contributed by atoms with Crippen molar-refractivity contribution < 1.29 is 0 Å². The second-order valence-corrected chi connectivity index (χ2v) is 8.80. The second kappa shape index (κ2) is 8.13. The topological polar surface area (TPSA) is 24.7 Å². The van der Waals surface area contributed by atoms with Crippen LogP contribution < -0.4 is 0 Å². The van der Waals surface area contributed by atoms with Crippen LogP contribution in [0.15, 0.2) is 116 Å². The Morgan fingerprint density at radius 2 is 0.800 bits per heavy atom. The fraction of sp³-hybridized carbons (Fsp3) is 0. The molecule has 5 rings (SSSR count). The van der Waals surface area contributed by atoms with Gasteiger partial charge in [-0.25, -0.2) is 9.98 Å². The molecule has 0 bridgehead atoms.